The van der Waals surface area contributed by atoms with Gasteiger partial charge >= 0.3 is 0 Å². The number of benzene rings is 2. The van der Waals surface area contributed by atoms with Crippen LogP contribution in [0.3, 0.4) is 0 Å². The summed E-state index contributed by atoms with van der Waals surface area (Å²) in [6.07, 6.45) is 2.72. The first kappa shape index (κ1) is 18.7. The minimum atomic E-state index is -0.834. The van der Waals surface area contributed by atoms with E-state index in [1.54, 1.807) is 29.5 Å². The van der Waals surface area contributed by atoms with Gasteiger partial charge in [-0.3, -0.25) is 4.79 Å². The highest BCUT2D eigenvalue weighted by Gasteiger charge is 2.10. The second-order valence-corrected chi connectivity index (χ2v) is 6.67. The molecule has 0 unspecified atom stereocenters. The van der Waals surface area contributed by atoms with Crippen LogP contribution in [0.5, 0.6) is 5.75 Å². The number of anilines is 1. The molecule has 4 nitrogen and oxygen atoms in total. The van der Waals surface area contributed by atoms with E-state index in [9.17, 15) is 13.6 Å². The number of aryl methyl sites for hydroxylation is 1. The van der Waals surface area contributed by atoms with Gasteiger partial charge in [0.2, 0.25) is 5.91 Å². The molecule has 138 valence electrons. The standard InChI is InChI=1S/C20H16F2N2O2S/c1-13-23-15(12-27-13)11-26-18-8-3-2-5-14(18)9-10-19(25)24-20-16(21)6-4-7-17(20)22/h2-10,12H,11H2,1H3,(H,24,25)/b10-9+. The van der Waals surface area contributed by atoms with Gasteiger partial charge < -0.3 is 10.1 Å². The first-order chi connectivity index (χ1) is 13.0. The minimum absolute atomic E-state index is 0.307. The van der Waals surface area contributed by atoms with E-state index in [0.29, 0.717) is 17.9 Å². The molecule has 0 bridgehead atoms. The molecule has 0 saturated carbocycles. The van der Waals surface area contributed by atoms with Crippen LogP contribution in [0.25, 0.3) is 6.08 Å². The Morgan fingerprint density at radius 1 is 1.19 bits per heavy atom. The van der Waals surface area contributed by atoms with Crippen molar-refractivity contribution in [1.82, 2.24) is 4.98 Å². The summed E-state index contributed by atoms with van der Waals surface area (Å²) in [5.74, 6) is -1.74. The van der Waals surface area contributed by atoms with Crippen molar-refractivity contribution in [2.45, 2.75) is 13.5 Å². The smallest absolute Gasteiger partial charge is 0.248 e. The highest BCUT2D eigenvalue weighted by Crippen LogP contribution is 2.22. The van der Waals surface area contributed by atoms with Crippen molar-refractivity contribution in [1.29, 1.82) is 0 Å². The Morgan fingerprint density at radius 3 is 2.63 bits per heavy atom. The summed E-state index contributed by atoms with van der Waals surface area (Å²) in [6, 6.07) is 10.5. The Hall–Kier alpha value is -3.06. The van der Waals surface area contributed by atoms with Crippen LogP contribution in [0.15, 0.2) is 53.9 Å². The average Bonchev–Trinajstić information content (AvgIpc) is 3.07. The fourth-order valence-electron chi connectivity index (χ4n) is 2.32. The van der Waals surface area contributed by atoms with Gasteiger partial charge in [-0.15, -0.1) is 11.3 Å². The lowest BCUT2D eigenvalue weighted by atomic mass is 10.2. The number of para-hydroxylation sites is 2. The number of amides is 1. The zero-order valence-corrected chi connectivity index (χ0v) is 15.2. The fraction of sp³-hybridized carbons (Fsp3) is 0.100. The lowest BCUT2D eigenvalue weighted by Crippen LogP contribution is -2.11. The molecule has 0 aliphatic heterocycles. The van der Waals surface area contributed by atoms with E-state index < -0.39 is 23.2 Å². The maximum absolute atomic E-state index is 13.6. The van der Waals surface area contributed by atoms with Crippen LogP contribution in [0.4, 0.5) is 14.5 Å². The summed E-state index contributed by atoms with van der Waals surface area (Å²) in [5.41, 5.74) is 1.01. The summed E-state index contributed by atoms with van der Waals surface area (Å²) in [4.78, 5) is 16.3. The van der Waals surface area contributed by atoms with E-state index in [1.807, 2.05) is 18.4 Å². The predicted molar refractivity (Wildman–Crippen MR) is 102 cm³/mol. The Labute approximate surface area is 159 Å². The van der Waals surface area contributed by atoms with Crippen molar-refractivity contribution in [2.24, 2.45) is 0 Å². The molecule has 1 aromatic heterocycles. The van der Waals surface area contributed by atoms with Gasteiger partial charge in [0.05, 0.1) is 10.7 Å². The number of hydrogen-bond acceptors (Lipinski definition) is 4. The molecule has 0 atom stereocenters. The summed E-state index contributed by atoms with van der Waals surface area (Å²) in [7, 11) is 0. The highest BCUT2D eigenvalue weighted by atomic mass is 32.1. The van der Waals surface area contributed by atoms with Gasteiger partial charge in [0.1, 0.15) is 29.7 Å². The summed E-state index contributed by atoms with van der Waals surface area (Å²) < 4.78 is 33.0. The van der Waals surface area contributed by atoms with Crippen LogP contribution in [-0.2, 0) is 11.4 Å². The first-order valence-electron chi connectivity index (χ1n) is 8.09. The van der Waals surface area contributed by atoms with Crippen molar-refractivity contribution in [3.05, 3.63) is 81.8 Å². The van der Waals surface area contributed by atoms with Crippen LogP contribution in [0.1, 0.15) is 16.3 Å². The molecule has 0 aliphatic carbocycles. The number of hydrogen-bond donors (Lipinski definition) is 1. The summed E-state index contributed by atoms with van der Waals surface area (Å²) in [6.45, 7) is 2.23. The molecule has 2 aromatic carbocycles. The average molecular weight is 386 g/mol. The lowest BCUT2D eigenvalue weighted by Gasteiger charge is -2.08. The number of rotatable bonds is 6. The van der Waals surface area contributed by atoms with Gasteiger partial charge in [0, 0.05) is 17.0 Å². The molecule has 0 fully saturated rings. The summed E-state index contributed by atoms with van der Waals surface area (Å²) in [5, 5.41) is 5.08. The van der Waals surface area contributed by atoms with E-state index in [2.05, 4.69) is 10.3 Å². The molecule has 0 saturated heterocycles. The van der Waals surface area contributed by atoms with E-state index in [-0.39, 0.29) is 0 Å². The zero-order chi connectivity index (χ0) is 19.2. The third-order valence-electron chi connectivity index (χ3n) is 3.59. The van der Waals surface area contributed by atoms with Crippen LogP contribution in [-0.4, -0.2) is 10.9 Å². The number of nitrogens with zero attached hydrogens (tertiary/aromatic N) is 1. The number of carbonyl (C=O) groups excluding carboxylic acids is 1. The number of carbonyl (C=O) groups is 1. The lowest BCUT2D eigenvalue weighted by molar-refractivity contribution is -0.111. The molecule has 3 rings (SSSR count). The minimum Gasteiger partial charge on any atom is -0.487 e. The van der Waals surface area contributed by atoms with Crippen LogP contribution in [0, 0.1) is 18.6 Å². The fourth-order valence-corrected chi connectivity index (χ4v) is 2.92. The third-order valence-corrected chi connectivity index (χ3v) is 4.41. The Kier molecular flexibility index (Phi) is 5.93. The zero-order valence-electron chi connectivity index (χ0n) is 14.4. The molecule has 1 heterocycles. The van der Waals surface area contributed by atoms with Crippen molar-refractivity contribution in [3.8, 4) is 5.75 Å². The van der Waals surface area contributed by atoms with E-state index in [4.69, 9.17) is 4.74 Å². The molecule has 7 heteroatoms. The molecule has 0 aliphatic rings. The number of halogens is 2. The van der Waals surface area contributed by atoms with Crippen molar-refractivity contribution < 1.29 is 18.3 Å². The Bertz CT molecular complexity index is 965. The normalized spacial score (nSPS) is 10.9. The molecule has 1 N–H and O–H groups in total. The third kappa shape index (κ3) is 4.98. The van der Waals surface area contributed by atoms with Crippen LogP contribution < -0.4 is 10.1 Å². The van der Waals surface area contributed by atoms with E-state index >= 15 is 0 Å². The topological polar surface area (TPSA) is 51.2 Å². The van der Waals surface area contributed by atoms with Crippen molar-refractivity contribution >= 4 is 29.0 Å². The quantitative estimate of drug-likeness (QED) is 0.609. The molecular weight excluding hydrogens is 370 g/mol. The number of thiazole rings is 1. The number of nitrogens with one attached hydrogen (secondary N) is 1. The molecule has 0 radical (unpaired) electrons. The summed E-state index contributed by atoms with van der Waals surface area (Å²) >= 11 is 1.54. The first-order valence-corrected chi connectivity index (χ1v) is 8.97. The highest BCUT2D eigenvalue weighted by molar-refractivity contribution is 7.09. The van der Waals surface area contributed by atoms with Crippen LogP contribution in [0.2, 0.25) is 0 Å². The maximum atomic E-state index is 13.6. The monoisotopic (exact) mass is 386 g/mol. The van der Waals surface area contributed by atoms with E-state index in [1.165, 1.54) is 18.2 Å². The number of aromatic nitrogens is 1. The SMILES string of the molecule is Cc1nc(COc2ccccc2/C=C/C(=O)Nc2c(F)cccc2F)cs1. The van der Waals surface area contributed by atoms with Gasteiger partial charge in [-0.05, 0) is 31.2 Å². The Morgan fingerprint density at radius 2 is 1.93 bits per heavy atom. The second kappa shape index (κ2) is 8.55. The molecule has 0 spiro atoms. The molecular formula is C20H16F2N2O2S. The van der Waals surface area contributed by atoms with Gasteiger partial charge in [-0.1, -0.05) is 24.3 Å². The van der Waals surface area contributed by atoms with Gasteiger partial charge in [-0.25, -0.2) is 13.8 Å². The van der Waals surface area contributed by atoms with Crippen molar-refractivity contribution in [3.63, 3.8) is 0 Å². The van der Waals surface area contributed by atoms with E-state index in [0.717, 1.165) is 22.8 Å². The molecule has 27 heavy (non-hydrogen) atoms. The molecule has 3 aromatic rings. The van der Waals surface area contributed by atoms with Gasteiger partial charge in [-0.2, -0.15) is 0 Å². The van der Waals surface area contributed by atoms with Crippen LogP contribution >= 0.6 is 11.3 Å². The largest absolute Gasteiger partial charge is 0.487 e. The Balaban J connectivity index is 1.68. The van der Waals surface area contributed by atoms with Gasteiger partial charge in [0.25, 0.3) is 0 Å². The van der Waals surface area contributed by atoms with Gasteiger partial charge in [0.15, 0.2) is 0 Å². The van der Waals surface area contributed by atoms with Crippen molar-refractivity contribution in [2.75, 3.05) is 5.32 Å². The molecule has 1 amide bonds. The predicted octanol–water partition coefficient (Wildman–Crippen LogP) is 4.96. The second-order valence-electron chi connectivity index (χ2n) is 5.60. The maximum Gasteiger partial charge on any atom is 0.248 e. The number of ether oxygens (including phenoxy) is 1.